The van der Waals surface area contributed by atoms with E-state index in [1.807, 2.05) is 12.1 Å². The molecular weight excluding hydrogens is 264 g/mol. The minimum Gasteiger partial charge on any atom is -0.493 e. The van der Waals surface area contributed by atoms with Crippen molar-refractivity contribution in [3.05, 3.63) is 30.5 Å². The first-order chi connectivity index (χ1) is 10.1. The van der Waals surface area contributed by atoms with Crippen molar-refractivity contribution in [1.29, 1.82) is 0 Å². The Hall–Kier alpha value is -1.97. The molecule has 0 aliphatic heterocycles. The highest BCUT2D eigenvalue weighted by molar-refractivity contribution is 5.86. The van der Waals surface area contributed by atoms with Gasteiger partial charge in [-0.15, -0.1) is 0 Å². The van der Waals surface area contributed by atoms with Crippen LogP contribution in [0.2, 0.25) is 0 Å². The van der Waals surface area contributed by atoms with Gasteiger partial charge >= 0.3 is 0 Å². The molecule has 1 aromatic heterocycles. The minimum absolute atomic E-state index is 0.179. The van der Waals surface area contributed by atoms with Crippen LogP contribution in [0.15, 0.2) is 30.5 Å². The molecule has 4 heteroatoms. The number of hydrogen-bond donors (Lipinski definition) is 0. The molecule has 0 saturated carbocycles. The van der Waals surface area contributed by atoms with Gasteiger partial charge in [0.05, 0.1) is 12.1 Å². The van der Waals surface area contributed by atoms with Crippen molar-refractivity contribution in [3.63, 3.8) is 0 Å². The smallest absolute Gasteiger partial charge is 0.222 e. The second kappa shape index (κ2) is 7.16. The Morgan fingerprint density at radius 1 is 1.29 bits per heavy atom. The monoisotopic (exact) mass is 288 g/mol. The average Bonchev–Trinajstić information content (AvgIpc) is 2.88. The summed E-state index contributed by atoms with van der Waals surface area (Å²) in [5.41, 5.74) is 1.17. The Morgan fingerprint density at radius 3 is 2.81 bits per heavy atom. The lowest BCUT2D eigenvalue weighted by Gasteiger charge is -2.11. The minimum atomic E-state index is 0.179. The molecule has 0 saturated heterocycles. The van der Waals surface area contributed by atoms with Crippen LogP contribution in [0.4, 0.5) is 0 Å². The van der Waals surface area contributed by atoms with E-state index in [0.29, 0.717) is 6.42 Å². The molecule has 1 amide bonds. The van der Waals surface area contributed by atoms with E-state index < -0.39 is 0 Å². The zero-order valence-corrected chi connectivity index (χ0v) is 13.1. The number of nitrogens with zero attached hydrogens (tertiary/aromatic N) is 2. The number of fused-ring (bicyclic) bond motifs is 1. The Balaban J connectivity index is 2.06. The van der Waals surface area contributed by atoms with Crippen LogP contribution in [0.25, 0.3) is 10.9 Å². The van der Waals surface area contributed by atoms with Gasteiger partial charge in [0.1, 0.15) is 5.75 Å². The van der Waals surface area contributed by atoms with E-state index in [-0.39, 0.29) is 5.91 Å². The fraction of sp³-hybridized carbons (Fsp3) is 0.471. The highest BCUT2D eigenvalue weighted by atomic mass is 16.5. The number of rotatable bonds is 7. The van der Waals surface area contributed by atoms with E-state index in [9.17, 15) is 4.79 Å². The van der Waals surface area contributed by atoms with Crippen LogP contribution in [0.1, 0.15) is 26.2 Å². The first-order valence-corrected chi connectivity index (χ1v) is 7.54. The molecule has 0 spiro atoms. The van der Waals surface area contributed by atoms with E-state index in [1.165, 1.54) is 5.52 Å². The SMILES string of the molecule is CCCOc1cccc2c1ccn2CCCC(=O)N(C)C. The van der Waals surface area contributed by atoms with Crippen LogP contribution in [0.5, 0.6) is 5.75 Å². The zero-order chi connectivity index (χ0) is 15.2. The summed E-state index contributed by atoms with van der Waals surface area (Å²) in [6, 6.07) is 8.22. The Labute approximate surface area is 126 Å². The number of ether oxygens (including phenoxy) is 1. The van der Waals surface area contributed by atoms with Gasteiger partial charge in [0.2, 0.25) is 5.91 Å². The van der Waals surface area contributed by atoms with Gasteiger partial charge in [-0.25, -0.2) is 0 Å². The van der Waals surface area contributed by atoms with Gasteiger partial charge in [-0.1, -0.05) is 13.0 Å². The number of carbonyl (C=O) groups excluding carboxylic acids is 1. The van der Waals surface area contributed by atoms with E-state index >= 15 is 0 Å². The van der Waals surface area contributed by atoms with Crippen molar-refractivity contribution in [2.45, 2.75) is 32.7 Å². The van der Waals surface area contributed by atoms with E-state index in [2.05, 4.69) is 29.8 Å². The Morgan fingerprint density at radius 2 is 2.10 bits per heavy atom. The van der Waals surface area contributed by atoms with Crippen LogP contribution < -0.4 is 4.74 Å². The molecule has 1 heterocycles. The zero-order valence-electron chi connectivity index (χ0n) is 13.1. The normalized spacial score (nSPS) is 10.8. The maximum absolute atomic E-state index is 11.6. The van der Waals surface area contributed by atoms with Gasteiger partial charge in [-0.05, 0) is 31.0 Å². The predicted molar refractivity (Wildman–Crippen MR) is 85.7 cm³/mol. The maximum Gasteiger partial charge on any atom is 0.222 e. The predicted octanol–water partition coefficient (Wildman–Crippen LogP) is 3.30. The van der Waals surface area contributed by atoms with E-state index in [4.69, 9.17) is 4.74 Å². The first-order valence-electron chi connectivity index (χ1n) is 7.54. The van der Waals surface area contributed by atoms with Crippen LogP contribution >= 0.6 is 0 Å². The second-order valence-corrected chi connectivity index (χ2v) is 5.44. The third-order valence-corrected chi connectivity index (χ3v) is 3.52. The maximum atomic E-state index is 11.6. The quantitative estimate of drug-likeness (QED) is 0.783. The molecule has 0 unspecified atom stereocenters. The Kier molecular flexibility index (Phi) is 5.26. The lowest BCUT2D eigenvalue weighted by molar-refractivity contribution is -0.128. The van der Waals surface area contributed by atoms with E-state index in [1.54, 1.807) is 19.0 Å². The molecule has 4 nitrogen and oxygen atoms in total. The Bertz CT molecular complexity index is 602. The highest BCUT2D eigenvalue weighted by Gasteiger charge is 2.08. The first kappa shape index (κ1) is 15.4. The lowest BCUT2D eigenvalue weighted by atomic mass is 10.2. The molecule has 114 valence electrons. The van der Waals surface area contributed by atoms with Crippen LogP contribution in [-0.4, -0.2) is 36.1 Å². The van der Waals surface area contributed by atoms with Gasteiger partial charge in [-0.2, -0.15) is 0 Å². The molecule has 2 aromatic rings. The molecule has 0 aliphatic carbocycles. The topological polar surface area (TPSA) is 34.5 Å². The number of hydrogen-bond acceptors (Lipinski definition) is 2. The van der Waals surface area contributed by atoms with Crippen molar-refractivity contribution in [3.8, 4) is 5.75 Å². The third-order valence-electron chi connectivity index (χ3n) is 3.52. The fourth-order valence-corrected chi connectivity index (χ4v) is 2.35. The van der Waals surface area contributed by atoms with Gasteiger partial charge in [0.15, 0.2) is 0 Å². The molecule has 1 aromatic carbocycles. The molecule has 0 bridgehead atoms. The van der Waals surface area contributed by atoms with Crippen molar-refractivity contribution >= 4 is 16.8 Å². The molecular formula is C17H24N2O2. The molecule has 0 N–H and O–H groups in total. The average molecular weight is 288 g/mol. The fourth-order valence-electron chi connectivity index (χ4n) is 2.35. The van der Waals surface area contributed by atoms with Gasteiger partial charge in [-0.3, -0.25) is 4.79 Å². The van der Waals surface area contributed by atoms with Gasteiger partial charge < -0.3 is 14.2 Å². The highest BCUT2D eigenvalue weighted by Crippen LogP contribution is 2.27. The number of amides is 1. The summed E-state index contributed by atoms with van der Waals surface area (Å²) in [6.07, 6.45) is 4.51. The van der Waals surface area contributed by atoms with Crippen molar-refractivity contribution in [1.82, 2.24) is 9.47 Å². The number of aryl methyl sites for hydroxylation is 1. The van der Waals surface area contributed by atoms with Crippen LogP contribution in [0.3, 0.4) is 0 Å². The second-order valence-electron chi connectivity index (χ2n) is 5.44. The largest absolute Gasteiger partial charge is 0.493 e. The van der Waals surface area contributed by atoms with Crippen LogP contribution in [0, 0.1) is 0 Å². The summed E-state index contributed by atoms with van der Waals surface area (Å²) in [4.78, 5) is 13.2. The summed E-state index contributed by atoms with van der Waals surface area (Å²) in [6.45, 7) is 3.69. The summed E-state index contributed by atoms with van der Waals surface area (Å²) in [5.74, 6) is 1.12. The third kappa shape index (κ3) is 3.78. The van der Waals surface area contributed by atoms with Gasteiger partial charge in [0.25, 0.3) is 0 Å². The molecule has 2 rings (SSSR count). The number of carbonyl (C=O) groups is 1. The molecule has 21 heavy (non-hydrogen) atoms. The number of aromatic nitrogens is 1. The summed E-state index contributed by atoms with van der Waals surface area (Å²) in [7, 11) is 3.59. The number of benzene rings is 1. The molecule has 0 radical (unpaired) electrons. The van der Waals surface area contributed by atoms with Crippen LogP contribution in [-0.2, 0) is 11.3 Å². The summed E-state index contributed by atoms with van der Waals surface area (Å²) < 4.78 is 7.97. The van der Waals surface area contributed by atoms with Crippen molar-refractivity contribution in [2.24, 2.45) is 0 Å². The van der Waals surface area contributed by atoms with E-state index in [0.717, 1.165) is 37.1 Å². The molecule has 0 fully saturated rings. The molecule has 0 atom stereocenters. The standard InChI is InChI=1S/C17H24N2O2/c1-4-13-21-16-8-5-7-15-14(16)10-12-19(15)11-6-9-17(20)18(2)3/h5,7-8,10,12H,4,6,9,11,13H2,1-3H3. The lowest BCUT2D eigenvalue weighted by Crippen LogP contribution is -2.21. The molecule has 0 aliphatic rings. The summed E-state index contributed by atoms with van der Waals surface area (Å²) >= 11 is 0. The van der Waals surface area contributed by atoms with Crippen molar-refractivity contribution < 1.29 is 9.53 Å². The summed E-state index contributed by atoms with van der Waals surface area (Å²) in [5, 5.41) is 1.14. The van der Waals surface area contributed by atoms with Gasteiger partial charge in [0, 0.05) is 38.6 Å². The van der Waals surface area contributed by atoms with Crippen molar-refractivity contribution in [2.75, 3.05) is 20.7 Å².